The van der Waals surface area contributed by atoms with Crippen molar-refractivity contribution in [1.29, 1.82) is 0 Å². The van der Waals surface area contributed by atoms with E-state index >= 15 is 0 Å². The number of hydrogen-bond donors (Lipinski definition) is 0. The SMILES string of the molecule is COc1ccc(/C(=N/OCc2ccc([N+](=O)[O-])cc2)[C@H]2C[C@H]2c2ccc(Cl)cc2)cc1. The normalized spacial score (nSPS) is 17.8. The first kappa shape index (κ1) is 20.9. The molecule has 0 amide bonds. The summed E-state index contributed by atoms with van der Waals surface area (Å²) < 4.78 is 5.26. The van der Waals surface area contributed by atoms with Crippen molar-refractivity contribution in [3.05, 3.63) is 105 Å². The molecule has 158 valence electrons. The highest BCUT2D eigenvalue weighted by Gasteiger charge is 2.43. The molecule has 7 heteroatoms. The van der Waals surface area contributed by atoms with Gasteiger partial charge in [-0.3, -0.25) is 10.1 Å². The van der Waals surface area contributed by atoms with Gasteiger partial charge in [0.1, 0.15) is 12.4 Å². The van der Waals surface area contributed by atoms with Crippen LogP contribution in [-0.2, 0) is 11.4 Å². The van der Waals surface area contributed by atoms with Crippen molar-refractivity contribution >= 4 is 23.0 Å². The lowest BCUT2D eigenvalue weighted by molar-refractivity contribution is -0.384. The summed E-state index contributed by atoms with van der Waals surface area (Å²) in [7, 11) is 1.63. The maximum absolute atomic E-state index is 10.8. The lowest BCUT2D eigenvalue weighted by Crippen LogP contribution is -2.07. The van der Waals surface area contributed by atoms with Gasteiger partial charge in [0.15, 0.2) is 0 Å². The molecule has 1 fully saturated rings. The fourth-order valence-corrected chi connectivity index (χ4v) is 3.69. The molecule has 0 saturated heterocycles. The number of rotatable bonds is 8. The van der Waals surface area contributed by atoms with E-state index in [0.717, 1.165) is 34.0 Å². The fourth-order valence-electron chi connectivity index (χ4n) is 3.56. The quantitative estimate of drug-likeness (QED) is 0.247. The summed E-state index contributed by atoms with van der Waals surface area (Å²) in [6.07, 6.45) is 0.980. The average molecular weight is 437 g/mol. The highest BCUT2D eigenvalue weighted by molar-refractivity contribution is 6.30. The minimum Gasteiger partial charge on any atom is -0.497 e. The van der Waals surface area contributed by atoms with Gasteiger partial charge in [-0.1, -0.05) is 28.9 Å². The molecule has 0 N–H and O–H groups in total. The van der Waals surface area contributed by atoms with Crippen molar-refractivity contribution in [2.24, 2.45) is 11.1 Å². The first-order valence-electron chi connectivity index (χ1n) is 9.88. The van der Waals surface area contributed by atoms with Crippen molar-refractivity contribution < 1.29 is 14.5 Å². The molecule has 4 rings (SSSR count). The molecule has 1 saturated carbocycles. The number of benzene rings is 3. The van der Waals surface area contributed by atoms with Gasteiger partial charge < -0.3 is 9.57 Å². The van der Waals surface area contributed by atoms with Gasteiger partial charge in [-0.2, -0.15) is 0 Å². The van der Waals surface area contributed by atoms with Crippen LogP contribution in [0.15, 0.2) is 78.0 Å². The molecule has 0 spiro atoms. The minimum atomic E-state index is -0.422. The molecule has 3 aromatic rings. The van der Waals surface area contributed by atoms with E-state index in [1.165, 1.54) is 17.7 Å². The molecule has 6 nitrogen and oxygen atoms in total. The average Bonchev–Trinajstić information content (AvgIpc) is 3.58. The number of oxime groups is 1. The number of nitrogens with zero attached hydrogens (tertiary/aromatic N) is 2. The zero-order valence-corrected chi connectivity index (χ0v) is 17.7. The van der Waals surface area contributed by atoms with Gasteiger partial charge in [0.05, 0.1) is 17.7 Å². The van der Waals surface area contributed by atoms with Crippen LogP contribution >= 0.6 is 11.6 Å². The Kier molecular flexibility index (Phi) is 6.18. The smallest absolute Gasteiger partial charge is 0.269 e. The third-order valence-corrected chi connectivity index (χ3v) is 5.62. The summed E-state index contributed by atoms with van der Waals surface area (Å²) in [6.45, 7) is 0.232. The van der Waals surface area contributed by atoms with Gasteiger partial charge in [0.2, 0.25) is 0 Å². The van der Waals surface area contributed by atoms with E-state index in [1.54, 1.807) is 19.2 Å². The number of hydrogen-bond acceptors (Lipinski definition) is 5. The topological polar surface area (TPSA) is 74.0 Å². The second-order valence-corrected chi connectivity index (χ2v) is 7.84. The molecular formula is C24H21ClN2O4. The molecule has 1 aliphatic carbocycles. The van der Waals surface area contributed by atoms with Crippen LogP contribution in [0.3, 0.4) is 0 Å². The Labute approximate surface area is 185 Å². The second-order valence-electron chi connectivity index (χ2n) is 7.40. The lowest BCUT2D eigenvalue weighted by Gasteiger charge is -2.09. The van der Waals surface area contributed by atoms with E-state index in [2.05, 4.69) is 17.3 Å². The summed E-state index contributed by atoms with van der Waals surface area (Å²) in [4.78, 5) is 16.0. The summed E-state index contributed by atoms with van der Waals surface area (Å²) in [5.74, 6) is 1.38. The van der Waals surface area contributed by atoms with E-state index in [1.807, 2.05) is 36.4 Å². The highest BCUT2D eigenvalue weighted by Crippen LogP contribution is 2.49. The van der Waals surface area contributed by atoms with Gasteiger partial charge in [-0.25, -0.2) is 0 Å². The zero-order chi connectivity index (χ0) is 21.8. The van der Waals surface area contributed by atoms with Crippen LogP contribution in [-0.4, -0.2) is 17.7 Å². The van der Waals surface area contributed by atoms with Crippen molar-refractivity contribution in [1.82, 2.24) is 0 Å². The Morgan fingerprint density at radius 1 is 1.06 bits per heavy atom. The van der Waals surface area contributed by atoms with Crippen LogP contribution in [0.25, 0.3) is 0 Å². The number of methoxy groups -OCH3 is 1. The summed E-state index contributed by atoms with van der Waals surface area (Å²) >= 11 is 6.02. The maximum Gasteiger partial charge on any atom is 0.269 e. The predicted octanol–water partition coefficient (Wildman–Crippen LogP) is 5.98. The molecule has 31 heavy (non-hydrogen) atoms. The number of non-ortho nitro benzene ring substituents is 1. The van der Waals surface area contributed by atoms with Crippen LogP contribution in [0, 0.1) is 16.0 Å². The Bertz CT molecular complexity index is 1080. The Morgan fingerprint density at radius 3 is 2.35 bits per heavy atom. The minimum absolute atomic E-state index is 0.0509. The standard InChI is InChI=1S/C24H21ClN2O4/c1-30-21-12-6-18(7-13-21)24(23-14-22(23)17-4-8-19(25)9-5-17)26-31-15-16-2-10-20(11-3-16)27(28)29/h2-13,22-23H,14-15H2,1H3/b26-24-/t22-,23-/m0/s1. The number of ether oxygens (including phenoxy) is 1. The summed E-state index contributed by atoms with van der Waals surface area (Å²) in [5, 5.41) is 16.0. The highest BCUT2D eigenvalue weighted by atomic mass is 35.5. The molecule has 0 aromatic heterocycles. The largest absolute Gasteiger partial charge is 0.497 e. The molecule has 1 aliphatic rings. The Hall–Kier alpha value is -3.38. The first-order valence-corrected chi connectivity index (χ1v) is 10.3. The van der Waals surface area contributed by atoms with Crippen LogP contribution in [0.4, 0.5) is 5.69 Å². The lowest BCUT2D eigenvalue weighted by atomic mass is 10.0. The Morgan fingerprint density at radius 2 is 1.74 bits per heavy atom. The van der Waals surface area contributed by atoms with Crippen LogP contribution in [0.5, 0.6) is 5.75 Å². The van der Waals surface area contributed by atoms with Gasteiger partial charge >= 0.3 is 0 Å². The third-order valence-electron chi connectivity index (χ3n) is 5.37. The van der Waals surface area contributed by atoms with E-state index in [9.17, 15) is 10.1 Å². The zero-order valence-electron chi connectivity index (χ0n) is 16.9. The monoisotopic (exact) mass is 436 g/mol. The summed E-state index contributed by atoms with van der Waals surface area (Å²) in [5.41, 5.74) is 3.95. The predicted molar refractivity (Wildman–Crippen MR) is 120 cm³/mol. The maximum atomic E-state index is 10.8. The van der Waals surface area contributed by atoms with Gasteiger partial charge in [0, 0.05) is 23.1 Å². The second kappa shape index (κ2) is 9.18. The van der Waals surface area contributed by atoms with Crippen molar-refractivity contribution in [3.8, 4) is 5.75 Å². The summed E-state index contributed by atoms with van der Waals surface area (Å²) in [6, 6.07) is 21.9. The van der Waals surface area contributed by atoms with E-state index in [0.29, 0.717) is 5.92 Å². The molecule has 0 bridgehead atoms. The van der Waals surface area contributed by atoms with E-state index < -0.39 is 4.92 Å². The molecule has 0 aliphatic heterocycles. The van der Waals surface area contributed by atoms with Crippen molar-refractivity contribution in [3.63, 3.8) is 0 Å². The third kappa shape index (κ3) is 5.03. The van der Waals surface area contributed by atoms with Crippen LogP contribution in [0.1, 0.15) is 29.0 Å². The van der Waals surface area contributed by atoms with Crippen molar-refractivity contribution in [2.75, 3.05) is 7.11 Å². The molecule has 0 heterocycles. The number of halogens is 1. The number of nitro benzene ring substituents is 1. The van der Waals surface area contributed by atoms with Gasteiger partial charge in [0.25, 0.3) is 5.69 Å². The Balaban J connectivity index is 1.52. The fraction of sp³-hybridized carbons (Fsp3) is 0.208. The molecule has 0 unspecified atom stereocenters. The van der Waals surface area contributed by atoms with E-state index in [-0.39, 0.29) is 18.2 Å². The molecule has 0 radical (unpaired) electrons. The van der Waals surface area contributed by atoms with Crippen molar-refractivity contribution in [2.45, 2.75) is 18.9 Å². The first-order chi connectivity index (χ1) is 15.0. The molecule has 2 atom stereocenters. The van der Waals surface area contributed by atoms with Crippen LogP contribution in [0.2, 0.25) is 5.02 Å². The van der Waals surface area contributed by atoms with Gasteiger partial charge in [-0.15, -0.1) is 0 Å². The van der Waals surface area contributed by atoms with E-state index in [4.69, 9.17) is 21.2 Å². The van der Waals surface area contributed by atoms with Crippen LogP contribution < -0.4 is 4.74 Å². The molecular weight excluding hydrogens is 416 g/mol. The molecule has 3 aromatic carbocycles. The van der Waals surface area contributed by atoms with Gasteiger partial charge in [-0.05, 0) is 77.6 Å². The number of nitro groups is 1.